The van der Waals surface area contributed by atoms with Gasteiger partial charge in [0.05, 0.1) is 0 Å². The Balaban J connectivity index is 2.41. The van der Waals surface area contributed by atoms with E-state index < -0.39 is 5.97 Å². The molecule has 0 fully saturated rings. The Morgan fingerprint density at radius 1 is 1.37 bits per heavy atom. The van der Waals surface area contributed by atoms with Crippen LogP contribution in [0.4, 0.5) is 5.69 Å². The highest BCUT2D eigenvalue weighted by molar-refractivity contribution is 5.93. The van der Waals surface area contributed by atoms with Crippen molar-refractivity contribution in [3.05, 3.63) is 35.4 Å². The quantitative estimate of drug-likeness (QED) is 0.904. The molecule has 0 unspecified atom stereocenters. The monoisotopic (exact) mass is 259 g/mol. The van der Waals surface area contributed by atoms with Gasteiger partial charge in [-0.05, 0) is 36.5 Å². The summed E-state index contributed by atoms with van der Waals surface area (Å²) in [5.41, 5.74) is 2.67. The minimum atomic E-state index is -0.799. The highest BCUT2D eigenvalue weighted by Crippen LogP contribution is 2.27. The van der Waals surface area contributed by atoms with Gasteiger partial charge in [-0.15, -0.1) is 0 Å². The first-order valence-corrected chi connectivity index (χ1v) is 6.85. The molecule has 1 aliphatic rings. The standard InChI is InChI=1S/C16H21NO2/c1-12(2)11-17-9-5-7-14(16(18)19)10-13-6-3-4-8-15(13)17/h3-4,6,8,10,12H,5,7,9,11H2,1-2H3,(H,18,19)/b14-10+. The van der Waals surface area contributed by atoms with Crippen molar-refractivity contribution in [2.24, 2.45) is 5.92 Å². The molecule has 1 aromatic carbocycles. The lowest BCUT2D eigenvalue weighted by Gasteiger charge is -2.29. The zero-order valence-corrected chi connectivity index (χ0v) is 11.6. The summed E-state index contributed by atoms with van der Waals surface area (Å²) in [7, 11) is 0. The average molecular weight is 259 g/mol. The summed E-state index contributed by atoms with van der Waals surface area (Å²) in [6.07, 6.45) is 3.35. The number of hydrogen-bond donors (Lipinski definition) is 1. The smallest absolute Gasteiger partial charge is 0.331 e. The second-order valence-corrected chi connectivity index (χ2v) is 5.48. The predicted molar refractivity (Wildman–Crippen MR) is 78.3 cm³/mol. The van der Waals surface area contributed by atoms with E-state index in [1.165, 1.54) is 0 Å². The Morgan fingerprint density at radius 2 is 2.11 bits per heavy atom. The minimum Gasteiger partial charge on any atom is -0.478 e. The van der Waals surface area contributed by atoms with Crippen LogP contribution in [0.15, 0.2) is 29.8 Å². The third-order valence-corrected chi connectivity index (χ3v) is 3.34. The number of fused-ring (bicyclic) bond motifs is 1. The molecule has 0 bridgehead atoms. The van der Waals surface area contributed by atoms with Crippen LogP contribution in [0.1, 0.15) is 32.3 Å². The zero-order valence-electron chi connectivity index (χ0n) is 11.6. The Labute approximate surface area is 114 Å². The average Bonchev–Trinajstić information content (AvgIpc) is 2.33. The molecule has 19 heavy (non-hydrogen) atoms. The molecule has 0 saturated carbocycles. The number of rotatable bonds is 3. The van der Waals surface area contributed by atoms with Crippen molar-refractivity contribution < 1.29 is 9.90 Å². The summed E-state index contributed by atoms with van der Waals surface area (Å²) < 4.78 is 0. The highest BCUT2D eigenvalue weighted by Gasteiger charge is 2.17. The number of benzene rings is 1. The number of para-hydroxylation sites is 1. The maximum absolute atomic E-state index is 11.2. The summed E-state index contributed by atoms with van der Waals surface area (Å²) in [6, 6.07) is 8.06. The maximum Gasteiger partial charge on any atom is 0.331 e. The van der Waals surface area contributed by atoms with Gasteiger partial charge in [-0.25, -0.2) is 4.79 Å². The molecule has 0 spiro atoms. The van der Waals surface area contributed by atoms with E-state index in [-0.39, 0.29) is 0 Å². The van der Waals surface area contributed by atoms with Crippen molar-refractivity contribution in [3.8, 4) is 0 Å². The lowest BCUT2D eigenvalue weighted by molar-refractivity contribution is -0.132. The molecule has 0 amide bonds. The summed E-state index contributed by atoms with van der Waals surface area (Å²) in [5.74, 6) is -0.206. The molecule has 0 aliphatic carbocycles. The van der Waals surface area contributed by atoms with Gasteiger partial charge < -0.3 is 10.0 Å². The molecule has 1 aromatic rings. The fourth-order valence-corrected chi connectivity index (χ4v) is 2.54. The zero-order chi connectivity index (χ0) is 13.8. The predicted octanol–water partition coefficient (Wildman–Crippen LogP) is 3.41. The van der Waals surface area contributed by atoms with Gasteiger partial charge in [-0.2, -0.15) is 0 Å². The molecule has 3 heteroatoms. The third-order valence-electron chi connectivity index (χ3n) is 3.34. The van der Waals surface area contributed by atoms with Crippen LogP contribution in [0, 0.1) is 5.92 Å². The molecule has 1 aliphatic heterocycles. The van der Waals surface area contributed by atoms with Crippen molar-refractivity contribution in [1.82, 2.24) is 0 Å². The molecule has 3 nitrogen and oxygen atoms in total. The van der Waals surface area contributed by atoms with Crippen molar-refractivity contribution in [3.63, 3.8) is 0 Å². The van der Waals surface area contributed by atoms with Crippen LogP contribution in [0.25, 0.3) is 6.08 Å². The number of anilines is 1. The molecule has 2 rings (SSSR count). The molecule has 1 N–H and O–H groups in total. The lowest BCUT2D eigenvalue weighted by Crippen LogP contribution is -2.30. The number of carboxylic acids is 1. The lowest BCUT2D eigenvalue weighted by atomic mass is 10.0. The minimum absolute atomic E-state index is 0.511. The van der Waals surface area contributed by atoms with Gasteiger partial charge in [0.25, 0.3) is 0 Å². The maximum atomic E-state index is 11.2. The summed E-state index contributed by atoms with van der Waals surface area (Å²) in [4.78, 5) is 13.6. The number of aliphatic carboxylic acids is 1. The van der Waals surface area contributed by atoms with E-state index in [2.05, 4.69) is 24.8 Å². The Kier molecular flexibility index (Phi) is 4.25. The van der Waals surface area contributed by atoms with Crippen molar-refractivity contribution in [2.45, 2.75) is 26.7 Å². The molecule has 1 heterocycles. The van der Waals surface area contributed by atoms with Crippen molar-refractivity contribution in [2.75, 3.05) is 18.0 Å². The molecular weight excluding hydrogens is 238 g/mol. The van der Waals surface area contributed by atoms with Gasteiger partial charge in [-0.1, -0.05) is 32.0 Å². The third kappa shape index (κ3) is 3.37. The highest BCUT2D eigenvalue weighted by atomic mass is 16.4. The molecule has 0 atom stereocenters. The van der Waals surface area contributed by atoms with E-state index in [9.17, 15) is 9.90 Å². The van der Waals surface area contributed by atoms with Gasteiger partial charge in [0, 0.05) is 24.4 Å². The number of carbonyl (C=O) groups is 1. The van der Waals surface area contributed by atoms with Crippen LogP contribution >= 0.6 is 0 Å². The van der Waals surface area contributed by atoms with Gasteiger partial charge >= 0.3 is 5.97 Å². The van der Waals surface area contributed by atoms with Crippen LogP contribution in [0.2, 0.25) is 0 Å². The fraction of sp³-hybridized carbons (Fsp3) is 0.438. The van der Waals surface area contributed by atoms with E-state index in [0.29, 0.717) is 17.9 Å². The first-order valence-electron chi connectivity index (χ1n) is 6.85. The van der Waals surface area contributed by atoms with Crippen LogP contribution in [-0.2, 0) is 4.79 Å². The second kappa shape index (κ2) is 5.91. The topological polar surface area (TPSA) is 40.5 Å². The number of nitrogens with zero attached hydrogens (tertiary/aromatic N) is 1. The summed E-state index contributed by atoms with van der Waals surface area (Å²) in [5, 5.41) is 9.21. The van der Waals surface area contributed by atoms with Gasteiger partial charge in [-0.3, -0.25) is 0 Å². The Hall–Kier alpha value is -1.77. The molecule has 0 aromatic heterocycles. The van der Waals surface area contributed by atoms with Gasteiger partial charge in [0.2, 0.25) is 0 Å². The molecule has 0 radical (unpaired) electrons. The summed E-state index contributed by atoms with van der Waals surface area (Å²) >= 11 is 0. The van der Waals surface area contributed by atoms with Gasteiger partial charge in [0.15, 0.2) is 0 Å². The number of carboxylic acid groups (broad SMARTS) is 1. The van der Waals surface area contributed by atoms with E-state index in [1.807, 2.05) is 24.3 Å². The molecule has 102 valence electrons. The Bertz CT molecular complexity index is 491. The Morgan fingerprint density at radius 3 is 2.79 bits per heavy atom. The van der Waals surface area contributed by atoms with Gasteiger partial charge in [0.1, 0.15) is 0 Å². The number of hydrogen-bond acceptors (Lipinski definition) is 2. The molecule has 0 saturated heterocycles. The fourth-order valence-electron chi connectivity index (χ4n) is 2.54. The van der Waals surface area contributed by atoms with Crippen molar-refractivity contribution >= 4 is 17.7 Å². The normalized spacial score (nSPS) is 18.3. The van der Waals surface area contributed by atoms with Crippen LogP contribution in [0.3, 0.4) is 0 Å². The SMILES string of the molecule is CC(C)CN1CCC/C(C(=O)O)=C\c2ccccc21. The first-order chi connectivity index (χ1) is 9.08. The van der Waals surface area contributed by atoms with E-state index in [1.54, 1.807) is 0 Å². The first kappa shape index (κ1) is 13.7. The molecular formula is C16H21NO2. The second-order valence-electron chi connectivity index (χ2n) is 5.48. The van der Waals surface area contributed by atoms with E-state index in [4.69, 9.17) is 0 Å². The van der Waals surface area contributed by atoms with E-state index >= 15 is 0 Å². The van der Waals surface area contributed by atoms with Crippen LogP contribution in [0.5, 0.6) is 0 Å². The van der Waals surface area contributed by atoms with E-state index in [0.717, 1.165) is 30.8 Å². The largest absolute Gasteiger partial charge is 0.478 e. The van der Waals surface area contributed by atoms with Crippen molar-refractivity contribution in [1.29, 1.82) is 0 Å². The van der Waals surface area contributed by atoms with Crippen LogP contribution < -0.4 is 4.90 Å². The summed E-state index contributed by atoms with van der Waals surface area (Å²) in [6.45, 7) is 6.34. The van der Waals surface area contributed by atoms with Crippen LogP contribution in [-0.4, -0.2) is 24.2 Å².